The van der Waals surface area contributed by atoms with Gasteiger partial charge in [-0.05, 0) is 34.6 Å². The fraction of sp³-hybridized carbons (Fsp3) is 0.867. The summed E-state index contributed by atoms with van der Waals surface area (Å²) in [5.41, 5.74) is -0.413. The van der Waals surface area contributed by atoms with Crippen LogP contribution in [0.2, 0.25) is 0 Å². The monoisotopic (exact) mass is 336 g/mol. The van der Waals surface area contributed by atoms with Gasteiger partial charge in [-0.2, -0.15) is 13.2 Å². The van der Waals surface area contributed by atoms with E-state index in [1.54, 1.807) is 4.90 Å². The molecular formula is C15H27F3N4O. The van der Waals surface area contributed by atoms with Crippen LogP contribution >= 0.6 is 0 Å². The van der Waals surface area contributed by atoms with Crippen molar-refractivity contribution >= 4 is 11.9 Å². The molecule has 1 aliphatic heterocycles. The van der Waals surface area contributed by atoms with Crippen LogP contribution in [0, 0.1) is 0 Å². The summed E-state index contributed by atoms with van der Waals surface area (Å²) in [4.78, 5) is 20.0. The third-order valence-corrected chi connectivity index (χ3v) is 3.63. The van der Waals surface area contributed by atoms with Crippen LogP contribution in [0.4, 0.5) is 13.2 Å². The Morgan fingerprint density at radius 3 is 2.43 bits per heavy atom. The van der Waals surface area contributed by atoms with Crippen molar-refractivity contribution in [1.82, 2.24) is 15.1 Å². The lowest BCUT2D eigenvalue weighted by Crippen LogP contribution is -2.66. The van der Waals surface area contributed by atoms with Crippen molar-refractivity contribution in [2.45, 2.75) is 58.8 Å². The largest absolute Gasteiger partial charge is 0.390 e. The van der Waals surface area contributed by atoms with Gasteiger partial charge in [-0.3, -0.25) is 9.79 Å². The molecule has 1 fully saturated rings. The number of piperazine rings is 1. The molecule has 0 spiro atoms. The number of halogens is 3. The van der Waals surface area contributed by atoms with Crippen molar-refractivity contribution in [3.8, 4) is 0 Å². The first-order valence-electron chi connectivity index (χ1n) is 7.90. The van der Waals surface area contributed by atoms with E-state index in [4.69, 9.17) is 0 Å². The lowest BCUT2D eigenvalue weighted by molar-refractivity contribution is -0.145. The van der Waals surface area contributed by atoms with Crippen molar-refractivity contribution in [2.75, 3.05) is 26.2 Å². The van der Waals surface area contributed by atoms with Crippen LogP contribution in [0.1, 0.15) is 41.0 Å². The molecule has 1 rings (SSSR count). The normalized spacial score (nSPS) is 19.5. The lowest BCUT2D eigenvalue weighted by Gasteiger charge is -2.49. The zero-order valence-electron chi connectivity index (χ0n) is 14.5. The molecule has 1 saturated heterocycles. The number of nitrogens with zero attached hydrogens (tertiary/aromatic N) is 3. The van der Waals surface area contributed by atoms with Crippen LogP contribution in [0.5, 0.6) is 0 Å². The molecule has 1 N–H and O–H groups in total. The zero-order valence-corrected chi connectivity index (χ0v) is 14.5. The molecule has 1 aliphatic rings. The molecule has 134 valence electrons. The van der Waals surface area contributed by atoms with Gasteiger partial charge >= 0.3 is 6.18 Å². The van der Waals surface area contributed by atoms with Gasteiger partial charge in [0.1, 0.15) is 0 Å². The molecule has 8 heteroatoms. The molecule has 0 aromatic rings. The van der Waals surface area contributed by atoms with E-state index in [0.717, 1.165) is 0 Å². The van der Waals surface area contributed by atoms with E-state index in [0.29, 0.717) is 19.0 Å². The second-order valence-electron chi connectivity index (χ2n) is 6.63. The number of hydrogen-bond acceptors (Lipinski definition) is 2. The minimum atomic E-state index is -4.23. The van der Waals surface area contributed by atoms with Gasteiger partial charge in [-0.25, -0.2) is 0 Å². The number of carbonyl (C=O) groups is 1. The Bertz CT molecular complexity index is 446. The number of hydrogen-bond donors (Lipinski definition) is 1. The van der Waals surface area contributed by atoms with Crippen molar-refractivity contribution < 1.29 is 18.0 Å². The van der Waals surface area contributed by atoms with Crippen molar-refractivity contribution in [1.29, 1.82) is 0 Å². The Morgan fingerprint density at radius 2 is 2.00 bits per heavy atom. The van der Waals surface area contributed by atoms with Gasteiger partial charge in [0.2, 0.25) is 5.91 Å². The van der Waals surface area contributed by atoms with Gasteiger partial charge in [0.05, 0.1) is 25.0 Å². The molecule has 0 aliphatic carbocycles. The van der Waals surface area contributed by atoms with Gasteiger partial charge < -0.3 is 15.1 Å². The summed E-state index contributed by atoms with van der Waals surface area (Å²) in [6.07, 6.45) is -5.20. The van der Waals surface area contributed by atoms with Crippen LogP contribution in [-0.2, 0) is 4.79 Å². The summed E-state index contributed by atoms with van der Waals surface area (Å²) in [5, 5.41) is 2.98. The standard InChI is InChI=1S/C15H27F3N4O/c1-6-19-13(20-8-7-15(16,17)18)21-9-12(23)22(11(2)3)14(4,5)10-21/h11H,6-10H2,1-5H3,(H,19,20). The van der Waals surface area contributed by atoms with Gasteiger partial charge in [0.15, 0.2) is 5.96 Å². The summed E-state index contributed by atoms with van der Waals surface area (Å²) in [5.74, 6) is 0.319. The van der Waals surface area contributed by atoms with Crippen LogP contribution in [0.25, 0.3) is 0 Å². The number of alkyl halides is 3. The highest BCUT2D eigenvalue weighted by Gasteiger charge is 2.40. The highest BCUT2D eigenvalue weighted by molar-refractivity contribution is 5.88. The number of carbonyl (C=O) groups excluding carboxylic acids is 1. The van der Waals surface area contributed by atoms with E-state index < -0.39 is 18.1 Å². The first kappa shape index (κ1) is 19.6. The Kier molecular flexibility index (Phi) is 6.30. The quantitative estimate of drug-likeness (QED) is 0.633. The molecule has 0 saturated carbocycles. The summed E-state index contributed by atoms with van der Waals surface area (Å²) in [6.45, 7) is 10.5. The molecule has 0 unspecified atom stereocenters. The molecule has 0 radical (unpaired) electrons. The SMILES string of the molecule is CCNC(=NCCC(F)(F)F)N1CC(=O)N(C(C)C)C(C)(C)C1. The minimum Gasteiger partial charge on any atom is -0.357 e. The molecular weight excluding hydrogens is 309 g/mol. The fourth-order valence-corrected chi connectivity index (χ4v) is 3.03. The topological polar surface area (TPSA) is 47.9 Å². The molecule has 1 amide bonds. The molecule has 0 atom stereocenters. The highest BCUT2D eigenvalue weighted by Crippen LogP contribution is 2.24. The number of nitrogens with one attached hydrogen (secondary N) is 1. The summed E-state index contributed by atoms with van der Waals surface area (Å²) >= 11 is 0. The van der Waals surface area contributed by atoms with Crippen molar-refractivity contribution in [3.05, 3.63) is 0 Å². The second-order valence-corrected chi connectivity index (χ2v) is 6.63. The smallest absolute Gasteiger partial charge is 0.357 e. The number of amides is 1. The predicted octanol–water partition coefficient (Wildman–Crippen LogP) is 2.24. The number of aliphatic imine (C=N–C) groups is 1. The maximum Gasteiger partial charge on any atom is 0.390 e. The van der Waals surface area contributed by atoms with Crippen molar-refractivity contribution in [3.63, 3.8) is 0 Å². The van der Waals surface area contributed by atoms with E-state index in [2.05, 4.69) is 10.3 Å². The van der Waals surface area contributed by atoms with Crippen molar-refractivity contribution in [2.24, 2.45) is 4.99 Å². The first-order valence-corrected chi connectivity index (χ1v) is 7.90. The average Bonchev–Trinajstić information content (AvgIpc) is 2.33. The van der Waals surface area contributed by atoms with E-state index in [1.165, 1.54) is 0 Å². The maximum absolute atomic E-state index is 12.4. The molecule has 0 bridgehead atoms. The van der Waals surface area contributed by atoms with Gasteiger partial charge in [-0.1, -0.05) is 0 Å². The molecule has 23 heavy (non-hydrogen) atoms. The Morgan fingerprint density at radius 1 is 1.39 bits per heavy atom. The third kappa shape index (κ3) is 5.58. The number of guanidine groups is 1. The summed E-state index contributed by atoms with van der Waals surface area (Å²) in [7, 11) is 0. The summed E-state index contributed by atoms with van der Waals surface area (Å²) < 4.78 is 36.9. The molecule has 0 aromatic carbocycles. The number of rotatable bonds is 4. The molecule has 0 aromatic heterocycles. The van der Waals surface area contributed by atoms with Crippen LogP contribution < -0.4 is 5.32 Å². The first-order chi connectivity index (χ1) is 10.5. The highest BCUT2D eigenvalue weighted by atomic mass is 19.4. The minimum absolute atomic E-state index is 0.0438. The Hall–Kier alpha value is -1.47. The van der Waals surface area contributed by atoms with Gasteiger partial charge in [-0.15, -0.1) is 0 Å². The fourth-order valence-electron chi connectivity index (χ4n) is 3.03. The van der Waals surface area contributed by atoms with E-state index in [-0.39, 0.29) is 25.0 Å². The van der Waals surface area contributed by atoms with E-state index >= 15 is 0 Å². The Balaban J connectivity index is 2.89. The molecule has 5 nitrogen and oxygen atoms in total. The summed E-state index contributed by atoms with van der Waals surface area (Å²) in [6, 6.07) is 0.0735. The predicted molar refractivity (Wildman–Crippen MR) is 84.3 cm³/mol. The zero-order chi connectivity index (χ0) is 17.8. The van der Waals surface area contributed by atoms with Gasteiger partial charge in [0.25, 0.3) is 0 Å². The molecule has 1 heterocycles. The van der Waals surface area contributed by atoms with Gasteiger partial charge in [0, 0.05) is 19.1 Å². The lowest BCUT2D eigenvalue weighted by atomic mass is 9.96. The second kappa shape index (κ2) is 7.40. The van der Waals surface area contributed by atoms with E-state index in [1.807, 2.05) is 39.5 Å². The van der Waals surface area contributed by atoms with Crippen LogP contribution in [-0.4, -0.2) is 65.6 Å². The van der Waals surface area contributed by atoms with Crippen LogP contribution in [0.15, 0.2) is 4.99 Å². The Labute approximate surface area is 135 Å². The maximum atomic E-state index is 12.4. The van der Waals surface area contributed by atoms with Crippen LogP contribution in [0.3, 0.4) is 0 Å². The third-order valence-electron chi connectivity index (χ3n) is 3.63. The average molecular weight is 336 g/mol. The van der Waals surface area contributed by atoms with E-state index in [9.17, 15) is 18.0 Å².